The van der Waals surface area contributed by atoms with E-state index >= 15 is 0 Å². The van der Waals surface area contributed by atoms with E-state index in [0.717, 1.165) is 5.56 Å². The summed E-state index contributed by atoms with van der Waals surface area (Å²) >= 11 is 5.90. The van der Waals surface area contributed by atoms with Crippen LogP contribution < -0.4 is 20.1 Å². The van der Waals surface area contributed by atoms with E-state index in [2.05, 4.69) is 15.6 Å². The van der Waals surface area contributed by atoms with Crippen molar-refractivity contribution in [2.45, 2.75) is 12.5 Å². The molecule has 27 heavy (non-hydrogen) atoms. The van der Waals surface area contributed by atoms with Crippen LogP contribution in [-0.4, -0.2) is 32.0 Å². The maximum atomic E-state index is 12.5. The second-order valence-corrected chi connectivity index (χ2v) is 6.26. The third-order valence-corrected chi connectivity index (χ3v) is 4.31. The highest BCUT2D eigenvalue weighted by molar-refractivity contribution is 6.30. The van der Waals surface area contributed by atoms with Gasteiger partial charge in [0.05, 0.1) is 26.7 Å². The predicted molar refractivity (Wildman–Crippen MR) is 101 cm³/mol. The lowest BCUT2D eigenvalue weighted by Crippen LogP contribution is -2.47. The normalized spacial score (nSPS) is 16.2. The van der Waals surface area contributed by atoms with Gasteiger partial charge in [0.15, 0.2) is 11.5 Å². The van der Waals surface area contributed by atoms with Crippen molar-refractivity contribution in [3.05, 3.63) is 58.6 Å². The second kappa shape index (κ2) is 8.09. The second-order valence-electron chi connectivity index (χ2n) is 5.82. The lowest BCUT2D eigenvalue weighted by Gasteiger charge is -2.21. The number of aliphatic imine (C=N–C) groups is 1. The number of amides is 2. The molecule has 2 aromatic carbocycles. The highest BCUT2D eigenvalue weighted by Crippen LogP contribution is 2.28. The fourth-order valence-corrected chi connectivity index (χ4v) is 2.82. The molecule has 1 aliphatic rings. The van der Waals surface area contributed by atoms with E-state index in [1.54, 1.807) is 30.3 Å². The quantitative estimate of drug-likeness (QED) is 0.844. The van der Waals surface area contributed by atoms with Gasteiger partial charge < -0.3 is 9.47 Å². The van der Waals surface area contributed by atoms with Gasteiger partial charge in [-0.1, -0.05) is 23.7 Å². The molecule has 1 aliphatic heterocycles. The van der Waals surface area contributed by atoms with E-state index < -0.39 is 11.9 Å². The Bertz CT molecular complexity index is 896. The number of guanidine groups is 1. The number of nitrogens with zero attached hydrogens (tertiary/aromatic N) is 1. The molecule has 0 bridgehead atoms. The smallest absolute Gasteiger partial charge is 0.258 e. The Balaban J connectivity index is 1.80. The standard InChI is InChI=1S/C19H18ClN3O4/c1-26-15-8-5-12(9-16(15)27-2)18(25)23-19-21-14(10-17(24)22-19)11-3-6-13(20)7-4-11/h3-9,14H,10H2,1-2H3,(H2,21,22,23,24,25). The first-order valence-electron chi connectivity index (χ1n) is 8.16. The van der Waals surface area contributed by atoms with Crippen LogP contribution in [0, 0.1) is 0 Å². The summed E-state index contributed by atoms with van der Waals surface area (Å²) in [5, 5.41) is 5.80. The molecule has 1 atom stereocenters. The molecule has 140 valence electrons. The Morgan fingerprint density at radius 3 is 2.52 bits per heavy atom. The summed E-state index contributed by atoms with van der Waals surface area (Å²) in [6.45, 7) is 0. The van der Waals surface area contributed by atoms with Crippen molar-refractivity contribution < 1.29 is 19.1 Å². The van der Waals surface area contributed by atoms with Crippen LogP contribution in [0.1, 0.15) is 28.4 Å². The molecular formula is C19H18ClN3O4. The van der Waals surface area contributed by atoms with Crippen LogP contribution in [0.3, 0.4) is 0 Å². The highest BCUT2D eigenvalue weighted by Gasteiger charge is 2.24. The first-order chi connectivity index (χ1) is 13.0. The number of halogens is 1. The van der Waals surface area contributed by atoms with Gasteiger partial charge in [-0.2, -0.15) is 0 Å². The van der Waals surface area contributed by atoms with E-state index in [9.17, 15) is 9.59 Å². The molecule has 2 amide bonds. The largest absolute Gasteiger partial charge is 0.493 e. The summed E-state index contributed by atoms with van der Waals surface area (Å²) in [5.41, 5.74) is 1.19. The van der Waals surface area contributed by atoms with Gasteiger partial charge in [-0.25, -0.2) is 4.99 Å². The molecule has 0 saturated carbocycles. The van der Waals surface area contributed by atoms with Crippen LogP contribution in [-0.2, 0) is 4.79 Å². The van der Waals surface area contributed by atoms with E-state index in [4.69, 9.17) is 21.1 Å². The summed E-state index contributed by atoms with van der Waals surface area (Å²) < 4.78 is 10.4. The van der Waals surface area contributed by atoms with Crippen LogP contribution in [0.2, 0.25) is 5.02 Å². The SMILES string of the molecule is COc1ccc(C(=O)NC2=NC(c3ccc(Cl)cc3)CC(=O)N2)cc1OC. The van der Waals surface area contributed by atoms with Gasteiger partial charge in [-0.3, -0.25) is 20.2 Å². The number of ether oxygens (including phenoxy) is 2. The number of hydrogen-bond donors (Lipinski definition) is 2. The lowest BCUT2D eigenvalue weighted by molar-refractivity contribution is -0.120. The zero-order valence-corrected chi connectivity index (χ0v) is 15.5. The van der Waals surface area contributed by atoms with Gasteiger partial charge in [0.25, 0.3) is 5.91 Å². The molecule has 7 nitrogen and oxygen atoms in total. The maximum Gasteiger partial charge on any atom is 0.258 e. The monoisotopic (exact) mass is 387 g/mol. The Morgan fingerprint density at radius 2 is 1.85 bits per heavy atom. The van der Waals surface area contributed by atoms with Gasteiger partial charge in [0.1, 0.15) is 0 Å². The fraction of sp³-hybridized carbons (Fsp3) is 0.211. The van der Waals surface area contributed by atoms with Crippen molar-refractivity contribution in [1.82, 2.24) is 10.6 Å². The molecule has 0 radical (unpaired) electrons. The van der Waals surface area contributed by atoms with Crippen LogP contribution in [0.25, 0.3) is 0 Å². The highest BCUT2D eigenvalue weighted by atomic mass is 35.5. The predicted octanol–water partition coefficient (Wildman–Crippen LogP) is 2.70. The molecule has 0 saturated heterocycles. The molecule has 0 aliphatic carbocycles. The molecule has 0 spiro atoms. The maximum absolute atomic E-state index is 12.5. The van der Waals surface area contributed by atoms with Crippen molar-refractivity contribution in [1.29, 1.82) is 0 Å². The summed E-state index contributed by atoms with van der Waals surface area (Å²) in [5.74, 6) is 0.393. The summed E-state index contributed by atoms with van der Waals surface area (Å²) in [6.07, 6.45) is 0.192. The molecule has 2 aromatic rings. The first-order valence-corrected chi connectivity index (χ1v) is 8.54. The third kappa shape index (κ3) is 4.38. The Hall–Kier alpha value is -3.06. The average Bonchev–Trinajstić information content (AvgIpc) is 2.67. The van der Waals surface area contributed by atoms with Crippen molar-refractivity contribution in [3.8, 4) is 11.5 Å². The molecule has 8 heteroatoms. The van der Waals surface area contributed by atoms with E-state index in [0.29, 0.717) is 22.1 Å². The van der Waals surface area contributed by atoms with Crippen LogP contribution in [0.15, 0.2) is 47.5 Å². The number of hydrogen-bond acceptors (Lipinski definition) is 5. The van der Waals surface area contributed by atoms with Crippen LogP contribution >= 0.6 is 11.6 Å². The number of carbonyl (C=O) groups is 2. The van der Waals surface area contributed by atoms with Crippen LogP contribution in [0.5, 0.6) is 11.5 Å². The summed E-state index contributed by atoms with van der Waals surface area (Å²) in [7, 11) is 3.00. The minimum absolute atomic E-state index is 0.103. The number of rotatable bonds is 4. The van der Waals surface area contributed by atoms with Gasteiger partial charge in [0, 0.05) is 10.6 Å². The number of nitrogens with one attached hydrogen (secondary N) is 2. The average molecular weight is 388 g/mol. The molecular weight excluding hydrogens is 370 g/mol. The number of carbonyl (C=O) groups excluding carboxylic acids is 2. The molecule has 1 unspecified atom stereocenters. The minimum atomic E-state index is -0.424. The molecule has 0 aromatic heterocycles. The third-order valence-electron chi connectivity index (χ3n) is 4.05. The van der Waals surface area contributed by atoms with E-state index in [1.165, 1.54) is 14.2 Å². The van der Waals surface area contributed by atoms with Gasteiger partial charge >= 0.3 is 0 Å². The van der Waals surface area contributed by atoms with Gasteiger partial charge in [-0.15, -0.1) is 0 Å². The molecule has 0 fully saturated rings. The molecule has 3 rings (SSSR count). The van der Waals surface area contributed by atoms with Crippen molar-refractivity contribution in [2.24, 2.45) is 4.99 Å². The first kappa shape index (κ1) is 18.7. The molecule has 2 N–H and O–H groups in total. The number of methoxy groups -OCH3 is 2. The molecule has 1 heterocycles. The summed E-state index contributed by atoms with van der Waals surface area (Å²) in [4.78, 5) is 29.0. The van der Waals surface area contributed by atoms with Crippen molar-refractivity contribution in [2.75, 3.05) is 14.2 Å². The van der Waals surface area contributed by atoms with Crippen LogP contribution in [0.4, 0.5) is 0 Å². The lowest BCUT2D eigenvalue weighted by atomic mass is 10.0. The minimum Gasteiger partial charge on any atom is -0.493 e. The van der Waals surface area contributed by atoms with Crippen molar-refractivity contribution in [3.63, 3.8) is 0 Å². The Labute approximate surface area is 161 Å². The van der Waals surface area contributed by atoms with E-state index in [-0.39, 0.29) is 18.3 Å². The topological polar surface area (TPSA) is 89.0 Å². The Morgan fingerprint density at radius 1 is 1.15 bits per heavy atom. The fourth-order valence-electron chi connectivity index (χ4n) is 2.69. The zero-order valence-electron chi connectivity index (χ0n) is 14.8. The summed E-state index contributed by atoms with van der Waals surface area (Å²) in [6, 6.07) is 11.5. The Kier molecular flexibility index (Phi) is 5.61. The zero-order chi connectivity index (χ0) is 19.4. The van der Waals surface area contributed by atoms with Gasteiger partial charge in [0.2, 0.25) is 11.9 Å². The van der Waals surface area contributed by atoms with Crippen molar-refractivity contribution >= 4 is 29.4 Å². The van der Waals surface area contributed by atoms with E-state index in [1.807, 2.05) is 12.1 Å². The van der Waals surface area contributed by atoms with Gasteiger partial charge in [-0.05, 0) is 35.9 Å². The number of benzene rings is 2.